The molecular formula is C65H43NO. The minimum atomic E-state index is -0.523. The molecule has 0 atom stereocenters. The third-order valence-electron chi connectivity index (χ3n) is 13.9. The number of furan rings is 1. The van der Waals surface area contributed by atoms with Crippen molar-refractivity contribution >= 4 is 49.8 Å². The molecule has 0 saturated heterocycles. The highest BCUT2D eigenvalue weighted by Crippen LogP contribution is 2.59. The average molecular weight is 854 g/mol. The van der Waals surface area contributed by atoms with Gasteiger partial charge in [0.05, 0.1) is 11.1 Å². The van der Waals surface area contributed by atoms with Gasteiger partial charge in [-0.15, -0.1) is 0 Å². The Morgan fingerprint density at radius 3 is 1.61 bits per heavy atom. The molecule has 13 rings (SSSR count). The minimum Gasteiger partial charge on any atom is -0.455 e. The zero-order valence-electron chi connectivity index (χ0n) is 36.7. The summed E-state index contributed by atoms with van der Waals surface area (Å²) >= 11 is 0. The van der Waals surface area contributed by atoms with Gasteiger partial charge in [-0.2, -0.15) is 0 Å². The van der Waals surface area contributed by atoms with Gasteiger partial charge in [0.25, 0.3) is 0 Å². The summed E-state index contributed by atoms with van der Waals surface area (Å²) in [5.74, 6) is 0. The summed E-state index contributed by atoms with van der Waals surface area (Å²) in [7, 11) is 0. The summed E-state index contributed by atoms with van der Waals surface area (Å²) in [6, 6.07) is 95.0. The Balaban J connectivity index is 0.985. The Kier molecular flexibility index (Phi) is 9.11. The number of para-hydroxylation sites is 2. The topological polar surface area (TPSA) is 16.4 Å². The molecule has 0 spiro atoms. The van der Waals surface area contributed by atoms with Crippen molar-refractivity contribution in [2.45, 2.75) is 5.41 Å². The van der Waals surface area contributed by atoms with E-state index in [4.69, 9.17) is 4.42 Å². The van der Waals surface area contributed by atoms with Gasteiger partial charge in [0.2, 0.25) is 0 Å². The third kappa shape index (κ3) is 6.26. The van der Waals surface area contributed by atoms with Crippen molar-refractivity contribution < 1.29 is 4.42 Å². The highest BCUT2D eigenvalue weighted by atomic mass is 16.3. The second-order valence-corrected chi connectivity index (χ2v) is 17.6. The van der Waals surface area contributed by atoms with Gasteiger partial charge in [0, 0.05) is 33.3 Å². The molecule has 0 radical (unpaired) electrons. The first-order valence-electron chi connectivity index (χ1n) is 23.1. The van der Waals surface area contributed by atoms with E-state index >= 15 is 0 Å². The van der Waals surface area contributed by atoms with E-state index in [0.29, 0.717) is 0 Å². The van der Waals surface area contributed by atoms with Crippen LogP contribution in [0.5, 0.6) is 0 Å². The lowest BCUT2D eigenvalue weighted by molar-refractivity contribution is 0.670. The quantitative estimate of drug-likeness (QED) is 0.151. The van der Waals surface area contributed by atoms with Gasteiger partial charge in [-0.25, -0.2) is 0 Å². The fourth-order valence-corrected chi connectivity index (χ4v) is 10.9. The van der Waals surface area contributed by atoms with E-state index in [9.17, 15) is 0 Å². The van der Waals surface area contributed by atoms with E-state index in [-0.39, 0.29) is 0 Å². The smallest absolute Gasteiger partial charge is 0.143 e. The molecule has 0 unspecified atom stereocenters. The first kappa shape index (κ1) is 38.7. The number of anilines is 3. The molecule has 1 aliphatic carbocycles. The summed E-state index contributed by atoms with van der Waals surface area (Å²) in [6.45, 7) is 0. The lowest BCUT2D eigenvalue weighted by atomic mass is 9.68. The minimum absolute atomic E-state index is 0.523. The molecule has 0 bridgehead atoms. The average Bonchev–Trinajstić information content (AvgIpc) is 3.94. The van der Waals surface area contributed by atoms with Gasteiger partial charge >= 0.3 is 0 Å². The van der Waals surface area contributed by atoms with Crippen molar-refractivity contribution in [3.8, 4) is 44.5 Å². The normalized spacial score (nSPS) is 12.6. The zero-order chi connectivity index (χ0) is 44.3. The predicted molar refractivity (Wildman–Crippen MR) is 280 cm³/mol. The molecule has 0 amide bonds. The van der Waals surface area contributed by atoms with E-state index in [1.54, 1.807) is 0 Å². The van der Waals surface area contributed by atoms with Gasteiger partial charge in [-0.3, -0.25) is 0 Å². The van der Waals surface area contributed by atoms with Gasteiger partial charge in [-0.05, 0) is 109 Å². The molecule has 2 nitrogen and oxygen atoms in total. The van der Waals surface area contributed by atoms with E-state index in [1.165, 1.54) is 66.4 Å². The molecule has 314 valence electrons. The summed E-state index contributed by atoms with van der Waals surface area (Å²) in [5.41, 5.74) is 19.1. The number of hydrogen-bond acceptors (Lipinski definition) is 2. The highest BCUT2D eigenvalue weighted by Gasteiger charge is 2.47. The molecular weight excluding hydrogens is 811 g/mol. The van der Waals surface area contributed by atoms with Crippen LogP contribution in [0.25, 0.3) is 77.2 Å². The Labute approximate surface area is 390 Å². The molecule has 11 aromatic carbocycles. The van der Waals surface area contributed by atoms with Crippen molar-refractivity contribution in [1.29, 1.82) is 0 Å². The number of rotatable bonds is 8. The van der Waals surface area contributed by atoms with Crippen molar-refractivity contribution in [3.05, 3.63) is 283 Å². The molecule has 0 saturated carbocycles. The van der Waals surface area contributed by atoms with Crippen LogP contribution in [-0.4, -0.2) is 0 Å². The molecule has 1 heterocycles. The van der Waals surface area contributed by atoms with Crippen LogP contribution in [0.1, 0.15) is 22.3 Å². The van der Waals surface area contributed by atoms with Crippen molar-refractivity contribution in [2.75, 3.05) is 4.90 Å². The second kappa shape index (κ2) is 15.8. The molecule has 2 heteroatoms. The fraction of sp³-hybridized carbons (Fsp3) is 0.0154. The van der Waals surface area contributed by atoms with Crippen LogP contribution < -0.4 is 4.90 Å². The van der Waals surface area contributed by atoms with Crippen LogP contribution in [0, 0.1) is 0 Å². The monoisotopic (exact) mass is 853 g/mol. The first-order chi connectivity index (χ1) is 33.2. The zero-order valence-corrected chi connectivity index (χ0v) is 36.7. The third-order valence-corrected chi connectivity index (χ3v) is 13.9. The number of benzene rings is 11. The lowest BCUT2D eigenvalue weighted by Crippen LogP contribution is -2.28. The van der Waals surface area contributed by atoms with E-state index in [0.717, 1.165) is 50.1 Å². The maximum absolute atomic E-state index is 6.52. The van der Waals surface area contributed by atoms with Crippen LogP contribution in [0.2, 0.25) is 0 Å². The standard InChI is InChI=1S/C65H43NO/c1-4-16-44(17-5-1)45-30-32-46(33-31-45)48-34-35-50-43-54(41-38-49(50)42-48)66(53-39-36-47(37-40-53)55-24-14-25-57-56-22-11-13-29-62(56)67-64(55)57)61-28-15-27-60-63(61)58-23-10-12-26-59(58)65(60,51-18-6-2-7-19-51)52-20-8-3-9-21-52/h1-43H. The molecule has 12 aromatic rings. The van der Waals surface area contributed by atoms with Crippen molar-refractivity contribution in [2.24, 2.45) is 0 Å². The number of fused-ring (bicyclic) bond motifs is 7. The number of hydrogen-bond donors (Lipinski definition) is 0. The second-order valence-electron chi connectivity index (χ2n) is 17.6. The molecule has 1 aromatic heterocycles. The van der Waals surface area contributed by atoms with Gasteiger partial charge in [0.15, 0.2) is 0 Å². The molecule has 1 aliphatic rings. The molecule has 0 aliphatic heterocycles. The maximum Gasteiger partial charge on any atom is 0.143 e. The summed E-state index contributed by atoms with van der Waals surface area (Å²) in [5, 5.41) is 4.63. The summed E-state index contributed by atoms with van der Waals surface area (Å²) in [6.07, 6.45) is 0. The van der Waals surface area contributed by atoms with Gasteiger partial charge in [0.1, 0.15) is 11.2 Å². The van der Waals surface area contributed by atoms with E-state index < -0.39 is 5.41 Å². The Morgan fingerprint density at radius 1 is 0.328 bits per heavy atom. The van der Waals surface area contributed by atoms with Crippen LogP contribution >= 0.6 is 0 Å². The maximum atomic E-state index is 6.52. The van der Waals surface area contributed by atoms with E-state index in [2.05, 4.69) is 260 Å². The van der Waals surface area contributed by atoms with Gasteiger partial charge in [-0.1, -0.05) is 218 Å². The largest absolute Gasteiger partial charge is 0.455 e. The first-order valence-corrected chi connectivity index (χ1v) is 23.1. The number of nitrogens with zero attached hydrogens (tertiary/aromatic N) is 1. The predicted octanol–water partition coefficient (Wildman–Crippen LogP) is 17.6. The van der Waals surface area contributed by atoms with Crippen LogP contribution in [0.4, 0.5) is 17.1 Å². The molecule has 0 N–H and O–H groups in total. The fourth-order valence-electron chi connectivity index (χ4n) is 10.9. The van der Waals surface area contributed by atoms with E-state index in [1.807, 2.05) is 6.07 Å². The molecule has 67 heavy (non-hydrogen) atoms. The lowest BCUT2D eigenvalue weighted by Gasteiger charge is -2.34. The Morgan fingerprint density at radius 2 is 0.851 bits per heavy atom. The van der Waals surface area contributed by atoms with Crippen LogP contribution in [-0.2, 0) is 5.41 Å². The van der Waals surface area contributed by atoms with Crippen molar-refractivity contribution in [1.82, 2.24) is 0 Å². The van der Waals surface area contributed by atoms with Gasteiger partial charge < -0.3 is 9.32 Å². The van der Waals surface area contributed by atoms with Crippen LogP contribution in [0.3, 0.4) is 0 Å². The molecule has 0 fully saturated rings. The summed E-state index contributed by atoms with van der Waals surface area (Å²) < 4.78 is 6.52. The Hall–Kier alpha value is -8.72. The summed E-state index contributed by atoms with van der Waals surface area (Å²) in [4.78, 5) is 2.46. The SMILES string of the molecule is c1ccc(-c2ccc(-c3ccc4cc(N(c5ccc(-c6cccc7c6oc6ccccc67)cc5)c5cccc6c5-c5ccccc5C6(c5ccccc5)c5ccccc5)ccc4c3)cc2)cc1. The van der Waals surface area contributed by atoms with Crippen LogP contribution in [0.15, 0.2) is 265 Å². The van der Waals surface area contributed by atoms with Crippen molar-refractivity contribution in [3.63, 3.8) is 0 Å². The highest BCUT2D eigenvalue weighted by molar-refractivity contribution is 6.09. The Bertz CT molecular complexity index is 3740.